The third-order valence-corrected chi connectivity index (χ3v) is 2.88. The van der Waals surface area contributed by atoms with Gasteiger partial charge < -0.3 is 9.47 Å². The summed E-state index contributed by atoms with van der Waals surface area (Å²) < 4.78 is 12.8. The van der Waals surface area contributed by atoms with Crippen molar-refractivity contribution < 1.29 is 9.47 Å². The lowest BCUT2D eigenvalue weighted by Gasteiger charge is -2.07. The van der Waals surface area contributed by atoms with Crippen LogP contribution in [0.5, 0.6) is 0 Å². The molecule has 0 aliphatic heterocycles. The van der Waals surface area contributed by atoms with E-state index in [1.54, 1.807) is 19.5 Å². The second-order valence-corrected chi connectivity index (χ2v) is 4.24. The quantitative estimate of drug-likeness (QED) is 0.617. The maximum Gasteiger partial charge on any atom is 0.195 e. The van der Waals surface area contributed by atoms with E-state index >= 15 is 0 Å². The molecule has 0 spiro atoms. The standard InChI is InChI=1S/C12H16N4O2S/c1-17-7-8-18-6-5-16-11(14-15-12(16)19)10-3-2-4-13-9-10/h2-4,9H,5-8H2,1H3,(H,15,19). The van der Waals surface area contributed by atoms with Crippen molar-refractivity contribution in [2.45, 2.75) is 6.54 Å². The van der Waals surface area contributed by atoms with Gasteiger partial charge in [0.05, 0.1) is 26.4 Å². The molecule has 1 N–H and O–H groups in total. The molecule has 0 radical (unpaired) electrons. The summed E-state index contributed by atoms with van der Waals surface area (Å²) >= 11 is 5.22. The van der Waals surface area contributed by atoms with E-state index in [-0.39, 0.29) is 0 Å². The zero-order chi connectivity index (χ0) is 13.5. The first-order valence-electron chi connectivity index (χ1n) is 5.95. The monoisotopic (exact) mass is 280 g/mol. The fourth-order valence-electron chi connectivity index (χ4n) is 1.64. The minimum atomic E-state index is 0.560. The van der Waals surface area contributed by atoms with Crippen LogP contribution in [-0.2, 0) is 16.0 Å². The Balaban J connectivity index is 2.04. The van der Waals surface area contributed by atoms with E-state index in [0.717, 1.165) is 11.4 Å². The van der Waals surface area contributed by atoms with Crippen LogP contribution in [0.3, 0.4) is 0 Å². The minimum Gasteiger partial charge on any atom is -0.382 e. The largest absolute Gasteiger partial charge is 0.382 e. The first-order chi connectivity index (χ1) is 9.33. The minimum absolute atomic E-state index is 0.560. The van der Waals surface area contributed by atoms with Crippen LogP contribution in [0.4, 0.5) is 0 Å². The average Bonchev–Trinajstić information content (AvgIpc) is 2.81. The number of aromatic amines is 1. The summed E-state index contributed by atoms with van der Waals surface area (Å²) in [5.41, 5.74) is 0.923. The highest BCUT2D eigenvalue weighted by molar-refractivity contribution is 7.71. The first-order valence-corrected chi connectivity index (χ1v) is 6.36. The molecule has 0 saturated carbocycles. The molecule has 0 aliphatic carbocycles. The molecule has 7 heteroatoms. The van der Waals surface area contributed by atoms with Crippen LogP contribution in [0.1, 0.15) is 0 Å². The van der Waals surface area contributed by atoms with Crippen molar-refractivity contribution in [3.8, 4) is 11.4 Å². The van der Waals surface area contributed by atoms with E-state index in [0.29, 0.717) is 31.1 Å². The highest BCUT2D eigenvalue weighted by Crippen LogP contribution is 2.15. The molecular weight excluding hydrogens is 264 g/mol. The van der Waals surface area contributed by atoms with E-state index in [1.165, 1.54) is 0 Å². The third-order valence-electron chi connectivity index (χ3n) is 2.57. The number of H-pyrrole nitrogens is 1. The molecule has 0 atom stereocenters. The zero-order valence-corrected chi connectivity index (χ0v) is 11.5. The van der Waals surface area contributed by atoms with Gasteiger partial charge in [0.1, 0.15) is 0 Å². The number of nitrogens with one attached hydrogen (secondary N) is 1. The van der Waals surface area contributed by atoms with Gasteiger partial charge in [0.25, 0.3) is 0 Å². The fraction of sp³-hybridized carbons (Fsp3) is 0.417. The zero-order valence-electron chi connectivity index (χ0n) is 10.7. The summed E-state index contributed by atoms with van der Waals surface area (Å²) in [6.07, 6.45) is 3.48. The summed E-state index contributed by atoms with van der Waals surface area (Å²) in [4.78, 5) is 4.08. The molecule has 0 fully saturated rings. The van der Waals surface area contributed by atoms with Crippen molar-refractivity contribution in [3.63, 3.8) is 0 Å². The van der Waals surface area contributed by atoms with E-state index < -0.39 is 0 Å². The summed E-state index contributed by atoms with van der Waals surface area (Å²) in [6.45, 7) is 2.36. The molecule has 0 bridgehead atoms. The van der Waals surface area contributed by atoms with Gasteiger partial charge in [-0.25, -0.2) is 0 Å². The topological polar surface area (TPSA) is 65.0 Å². The maximum atomic E-state index is 5.44. The number of rotatable bonds is 7. The van der Waals surface area contributed by atoms with Crippen molar-refractivity contribution in [2.75, 3.05) is 26.9 Å². The highest BCUT2D eigenvalue weighted by Gasteiger charge is 2.08. The number of hydrogen-bond acceptors (Lipinski definition) is 5. The van der Waals surface area contributed by atoms with Gasteiger partial charge in [-0.3, -0.25) is 14.6 Å². The van der Waals surface area contributed by atoms with Gasteiger partial charge in [0.2, 0.25) is 0 Å². The second-order valence-electron chi connectivity index (χ2n) is 3.85. The van der Waals surface area contributed by atoms with Crippen LogP contribution >= 0.6 is 12.2 Å². The first kappa shape index (κ1) is 13.9. The van der Waals surface area contributed by atoms with Crippen LogP contribution in [0.2, 0.25) is 0 Å². The van der Waals surface area contributed by atoms with E-state index in [4.69, 9.17) is 21.7 Å². The lowest BCUT2D eigenvalue weighted by molar-refractivity contribution is 0.0666. The van der Waals surface area contributed by atoms with E-state index in [2.05, 4.69) is 15.2 Å². The summed E-state index contributed by atoms with van der Waals surface area (Å²) in [5.74, 6) is 0.772. The Labute approximate surface area is 116 Å². The smallest absolute Gasteiger partial charge is 0.195 e. The van der Waals surface area contributed by atoms with Crippen molar-refractivity contribution in [2.24, 2.45) is 0 Å². The molecule has 2 aromatic rings. The van der Waals surface area contributed by atoms with Crippen LogP contribution in [0.25, 0.3) is 11.4 Å². The third kappa shape index (κ3) is 3.69. The molecule has 102 valence electrons. The summed E-state index contributed by atoms with van der Waals surface area (Å²) in [7, 11) is 1.65. The number of nitrogens with zero attached hydrogens (tertiary/aromatic N) is 3. The molecule has 2 rings (SSSR count). The number of ether oxygens (including phenoxy) is 2. The van der Waals surface area contributed by atoms with Crippen LogP contribution in [0, 0.1) is 4.77 Å². The Morgan fingerprint density at radius 1 is 1.37 bits per heavy atom. The molecule has 6 nitrogen and oxygen atoms in total. The van der Waals surface area contributed by atoms with Crippen molar-refractivity contribution in [1.29, 1.82) is 0 Å². The lowest BCUT2D eigenvalue weighted by Crippen LogP contribution is -2.10. The van der Waals surface area contributed by atoms with Crippen LogP contribution in [-0.4, -0.2) is 46.7 Å². The van der Waals surface area contributed by atoms with Crippen molar-refractivity contribution in [1.82, 2.24) is 19.7 Å². The van der Waals surface area contributed by atoms with Crippen molar-refractivity contribution in [3.05, 3.63) is 29.3 Å². The number of hydrogen-bond donors (Lipinski definition) is 1. The maximum absolute atomic E-state index is 5.44. The van der Waals surface area contributed by atoms with Gasteiger partial charge in [0.15, 0.2) is 10.6 Å². The summed E-state index contributed by atoms with van der Waals surface area (Å²) in [6, 6.07) is 3.81. The van der Waals surface area contributed by atoms with Gasteiger partial charge >= 0.3 is 0 Å². The lowest BCUT2D eigenvalue weighted by atomic mass is 10.3. The molecule has 0 unspecified atom stereocenters. The Hall–Kier alpha value is -1.57. The number of pyridine rings is 1. The van der Waals surface area contributed by atoms with Gasteiger partial charge in [-0.15, -0.1) is 0 Å². The van der Waals surface area contributed by atoms with Gasteiger partial charge in [-0.2, -0.15) is 5.10 Å². The highest BCUT2D eigenvalue weighted by atomic mass is 32.1. The molecular formula is C12H16N4O2S. The predicted molar refractivity (Wildman–Crippen MR) is 73.3 cm³/mol. The number of methoxy groups -OCH3 is 1. The Morgan fingerprint density at radius 2 is 2.26 bits per heavy atom. The Bertz CT molecular complexity index is 552. The van der Waals surface area contributed by atoms with E-state index in [9.17, 15) is 0 Å². The molecule has 0 aromatic carbocycles. The summed E-state index contributed by atoms with van der Waals surface area (Å²) in [5, 5.41) is 7.02. The SMILES string of the molecule is COCCOCCn1c(-c2cccnc2)n[nH]c1=S. The normalized spacial score (nSPS) is 10.8. The Morgan fingerprint density at radius 3 is 3.00 bits per heavy atom. The van der Waals surface area contributed by atoms with Gasteiger partial charge in [-0.1, -0.05) is 0 Å². The molecule has 0 aliphatic rings. The fourth-order valence-corrected chi connectivity index (χ4v) is 1.86. The second kappa shape index (κ2) is 7.13. The predicted octanol–water partition coefficient (Wildman–Crippen LogP) is 1.67. The van der Waals surface area contributed by atoms with Crippen molar-refractivity contribution >= 4 is 12.2 Å². The van der Waals surface area contributed by atoms with Gasteiger partial charge in [0, 0.05) is 25.1 Å². The van der Waals surface area contributed by atoms with E-state index in [1.807, 2.05) is 16.7 Å². The van der Waals surface area contributed by atoms with Gasteiger partial charge in [-0.05, 0) is 24.4 Å². The molecule has 0 saturated heterocycles. The van der Waals surface area contributed by atoms with Crippen LogP contribution < -0.4 is 0 Å². The molecule has 0 amide bonds. The molecule has 2 heterocycles. The molecule has 2 aromatic heterocycles. The Kier molecular flexibility index (Phi) is 5.20. The van der Waals surface area contributed by atoms with Crippen LogP contribution in [0.15, 0.2) is 24.5 Å². The average molecular weight is 280 g/mol. The number of aromatic nitrogens is 4. The molecule has 19 heavy (non-hydrogen) atoms.